The van der Waals surface area contributed by atoms with E-state index in [-0.39, 0.29) is 17.3 Å². The van der Waals surface area contributed by atoms with Crippen LogP contribution in [0.5, 0.6) is 5.75 Å². The fourth-order valence-electron chi connectivity index (χ4n) is 4.24. The van der Waals surface area contributed by atoms with Crippen LogP contribution in [0, 0.1) is 0 Å². The minimum atomic E-state index is -0.781. The van der Waals surface area contributed by atoms with Gasteiger partial charge >= 0.3 is 0 Å². The van der Waals surface area contributed by atoms with Crippen LogP contribution in [0.15, 0.2) is 78.4 Å². The minimum absolute atomic E-state index is 0.0463. The molecule has 1 heterocycles. The van der Waals surface area contributed by atoms with Gasteiger partial charge in [-0.15, -0.1) is 0 Å². The molecule has 1 N–H and O–H groups in total. The third-order valence-electron chi connectivity index (χ3n) is 5.87. The number of benzene rings is 3. The van der Waals surface area contributed by atoms with Crippen molar-refractivity contribution in [3.05, 3.63) is 100 Å². The van der Waals surface area contributed by atoms with E-state index in [9.17, 15) is 14.7 Å². The van der Waals surface area contributed by atoms with Crippen LogP contribution in [-0.2, 0) is 9.59 Å². The first-order chi connectivity index (χ1) is 16.3. The fraction of sp³-hybridized carbons (Fsp3) is 0.214. The first-order valence-electron chi connectivity index (χ1n) is 11.2. The highest BCUT2D eigenvalue weighted by Crippen LogP contribution is 2.43. The molecule has 1 aliphatic rings. The number of aliphatic hydroxyl groups is 1. The Morgan fingerprint density at radius 1 is 1.03 bits per heavy atom. The molecule has 1 atom stereocenters. The molecule has 0 spiro atoms. The average molecular weight is 476 g/mol. The van der Waals surface area contributed by atoms with Crippen LogP contribution in [0.3, 0.4) is 0 Å². The molecule has 1 saturated heterocycles. The second-order valence-corrected chi connectivity index (χ2v) is 8.83. The van der Waals surface area contributed by atoms with E-state index in [4.69, 9.17) is 16.3 Å². The quantitative estimate of drug-likeness (QED) is 0.251. The van der Waals surface area contributed by atoms with Crippen LogP contribution in [0.4, 0.5) is 5.69 Å². The number of aliphatic hydroxyl groups excluding tert-OH is 1. The number of nitrogens with zero attached hydrogens (tertiary/aromatic N) is 1. The molecule has 0 bridgehead atoms. The Hall–Kier alpha value is -3.57. The third-order valence-corrected chi connectivity index (χ3v) is 6.12. The predicted octanol–water partition coefficient (Wildman–Crippen LogP) is 6.49. The van der Waals surface area contributed by atoms with Gasteiger partial charge in [0.2, 0.25) is 0 Å². The van der Waals surface area contributed by atoms with E-state index in [0.29, 0.717) is 28.4 Å². The summed E-state index contributed by atoms with van der Waals surface area (Å²) in [7, 11) is 0. The number of ketones is 1. The number of carbonyl (C=O) groups is 2. The third kappa shape index (κ3) is 4.31. The van der Waals surface area contributed by atoms with Crippen molar-refractivity contribution >= 4 is 34.7 Å². The molecule has 1 fully saturated rings. The van der Waals surface area contributed by atoms with Gasteiger partial charge in [-0.1, -0.05) is 55.8 Å². The number of Topliss-reactive ketones (excluding diaryl/α,β-unsaturated/α-hetero) is 1. The Morgan fingerprint density at radius 3 is 2.32 bits per heavy atom. The Bertz CT molecular complexity index is 1250. The number of amides is 1. The largest absolute Gasteiger partial charge is 0.507 e. The summed E-state index contributed by atoms with van der Waals surface area (Å²) in [5.41, 5.74) is 2.66. The summed E-state index contributed by atoms with van der Waals surface area (Å²) >= 11 is 6.04. The zero-order valence-electron chi connectivity index (χ0n) is 19.3. The van der Waals surface area contributed by atoms with Gasteiger partial charge < -0.3 is 9.84 Å². The molecule has 0 aliphatic carbocycles. The van der Waals surface area contributed by atoms with Gasteiger partial charge in [0.05, 0.1) is 18.2 Å². The summed E-state index contributed by atoms with van der Waals surface area (Å²) in [6.07, 6.45) is 0. The maximum atomic E-state index is 13.3. The van der Waals surface area contributed by atoms with Crippen molar-refractivity contribution in [3.63, 3.8) is 0 Å². The van der Waals surface area contributed by atoms with Crippen LogP contribution < -0.4 is 9.64 Å². The van der Waals surface area contributed by atoms with Gasteiger partial charge in [-0.05, 0) is 66.4 Å². The molecule has 1 amide bonds. The van der Waals surface area contributed by atoms with E-state index in [1.807, 2.05) is 57.2 Å². The number of hydrogen-bond donors (Lipinski definition) is 1. The van der Waals surface area contributed by atoms with Crippen LogP contribution >= 0.6 is 11.6 Å². The molecule has 5 nitrogen and oxygen atoms in total. The van der Waals surface area contributed by atoms with Gasteiger partial charge in [-0.2, -0.15) is 0 Å². The second-order valence-electron chi connectivity index (χ2n) is 8.40. The van der Waals surface area contributed by atoms with Gasteiger partial charge in [0.15, 0.2) is 0 Å². The number of hydrogen-bond acceptors (Lipinski definition) is 4. The Labute approximate surface area is 204 Å². The average Bonchev–Trinajstić information content (AvgIpc) is 3.10. The summed E-state index contributed by atoms with van der Waals surface area (Å²) in [5.74, 6) is -0.784. The SMILES string of the molecule is CCOc1ccc(/C(O)=C2/C(=O)C(=O)N(c3ccc(Cl)cc3)C2c2ccccc2)cc1C(C)C. The molecule has 3 aromatic carbocycles. The van der Waals surface area contributed by atoms with Gasteiger partial charge in [0, 0.05) is 16.3 Å². The molecular formula is C28H26ClNO4. The Morgan fingerprint density at radius 2 is 1.71 bits per heavy atom. The molecule has 1 aliphatic heterocycles. The Kier molecular flexibility index (Phi) is 6.75. The monoisotopic (exact) mass is 475 g/mol. The first-order valence-corrected chi connectivity index (χ1v) is 11.6. The maximum Gasteiger partial charge on any atom is 0.300 e. The molecule has 0 aromatic heterocycles. The van der Waals surface area contributed by atoms with Gasteiger partial charge in [0.25, 0.3) is 11.7 Å². The highest BCUT2D eigenvalue weighted by Gasteiger charge is 2.46. The van der Waals surface area contributed by atoms with Crippen molar-refractivity contribution in [1.82, 2.24) is 0 Å². The Balaban J connectivity index is 1.91. The lowest BCUT2D eigenvalue weighted by atomic mass is 9.93. The maximum absolute atomic E-state index is 13.3. The topological polar surface area (TPSA) is 66.8 Å². The van der Waals surface area contributed by atoms with Crippen molar-refractivity contribution in [2.24, 2.45) is 0 Å². The van der Waals surface area contributed by atoms with E-state index in [2.05, 4.69) is 0 Å². The predicted molar refractivity (Wildman–Crippen MR) is 134 cm³/mol. The number of rotatable bonds is 6. The standard InChI is InChI=1S/C28H26ClNO4/c1-4-34-23-15-10-19(16-22(23)17(2)3)26(31)24-25(18-8-6-5-7-9-18)30(28(33)27(24)32)21-13-11-20(29)12-14-21/h5-17,25,31H,4H2,1-3H3/b26-24-. The molecule has 6 heteroatoms. The summed E-state index contributed by atoms with van der Waals surface area (Å²) in [6, 6.07) is 20.5. The van der Waals surface area contributed by atoms with Gasteiger partial charge in [-0.3, -0.25) is 14.5 Å². The zero-order valence-corrected chi connectivity index (χ0v) is 20.0. The molecule has 174 valence electrons. The van der Waals surface area contributed by atoms with E-state index in [0.717, 1.165) is 11.3 Å². The van der Waals surface area contributed by atoms with Gasteiger partial charge in [0.1, 0.15) is 11.5 Å². The van der Waals surface area contributed by atoms with Crippen molar-refractivity contribution in [3.8, 4) is 5.75 Å². The van der Waals surface area contributed by atoms with E-state index >= 15 is 0 Å². The molecule has 1 unspecified atom stereocenters. The summed E-state index contributed by atoms with van der Waals surface area (Å²) in [6.45, 7) is 6.50. The van der Waals surface area contributed by atoms with E-state index in [1.54, 1.807) is 36.4 Å². The van der Waals surface area contributed by atoms with Crippen LogP contribution in [0.25, 0.3) is 5.76 Å². The highest BCUT2D eigenvalue weighted by atomic mass is 35.5. The van der Waals surface area contributed by atoms with Crippen LogP contribution in [-0.4, -0.2) is 23.4 Å². The smallest absolute Gasteiger partial charge is 0.300 e. The van der Waals surface area contributed by atoms with Crippen LogP contribution in [0.2, 0.25) is 5.02 Å². The lowest BCUT2D eigenvalue weighted by Crippen LogP contribution is -2.29. The molecule has 0 radical (unpaired) electrons. The lowest BCUT2D eigenvalue weighted by molar-refractivity contribution is -0.132. The van der Waals surface area contributed by atoms with Crippen molar-refractivity contribution in [1.29, 1.82) is 0 Å². The number of halogens is 1. The molecule has 4 rings (SSSR count). The number of carbonyl (C=O) groups excluding carboxylic acids is 2. The summed E-state index contributed by atoms with van der Waals surface area (Å²) in [4.78, 5) is 27.9. The lowest BCUT2D eigenvalue weighted by Gasteiger charge is -2.25. The van der Waals surface area contributed by atoms with E-state index in [1.165, 1.54) is 4.90 Å². The van der Waals surface area contributed by atoms with Gasteiger partial charge in [-0.25, -0.2) is 0 Å². The first kappa shape index (κ1) is 23.6. The fourth-order valence-corrected chi connectivity index (χ4v) is 4.37. The summed E-state index contributed by atoms with van der Waals surface area (Å²) < 4.78 is 5.73. The minimum Gasteiger partial charge on any atom is -0.507 e. The number of anilines is 1. The highest BCUT2D eigenvalue weighted by molar-refractivity contribution is 6.51. The van der Waals surface area contributed by atoms with Crippen molar-refractivity contribution < 1.29 is 19.4 Å². The molecule has 0 saturated carbocycles. The molecular weight excluding hydrogens is 450 g/mol. The van der Waals surface area contributed by atoms with Crippen molar-refractivity contribution in [2.45, 2.75) is 32.7 Å². The second kappa shape index (κ2) is 9.74. The molecule has 3 aromatic rings. The number of ether oxygens (including phenoxy) is 1. The van der Waals surface area contributed by atoms with E-state index < -0.39 is 17.7 Å². The normalized spacial score (nSPS) is 17.4. The summed E-state index contributed by atoms with van der Waals surface area (Å²) in [5, 5.41) is 11.9. The van der Waals surface area contributed by atoms with Crippen LogP contribution in [0.1, 0.15) is 49.4 Å². The molecule has 34 heavy (non-hydrogen) atoms. The van der Waals surface area contributed by atoms with Crippen molar-refractivity contribution in [2.75, 3.05) is 11.5 Å². The zero-order chi connectivity index (χ0) is 24.4.